The van der Waals surface area contributed by atoms with Crippen molar-refractivity contribution in [1.29, 1.82) is 0 Å². The highest BCUT2D eigenvalue weighted by Gasteiger charge is 2.08. The third kappa shape index (κ3) is 5.19. The zero-order valence-electron chi connectivity index (χ0n) is 10.3. The van der Waals surface area contributed by atoms with Crippen LogP contribution in [0.2, 0.25) is 5.02 Å². The maximum atomic E-state index is 12.0. The molecule has 4 heteroatoms. The van der Waals surface area contributed by atoms with Gasteiger partial charge < -0.3 is 4.55 Å². The van der Waals surface area contributed by atoms with Crippen LogP contribution in [-0.4, -0.2) is 10.3 Å². The molecule has 1 unspecified atom stereocenters. The number of halogens is 2. The predicted molar refractivity (Wildman–Crippen MR) is 86.0 cm³/mol. The minimum absolute atomic E-state index is 0.612. The number of rotatable bonds is 5. The first-order valence-corrected chi connectivity index (χ1v) is 8.63. The number of hydrogen-bond acceptors (Lipinski definition) is 1. The molecule has 0 aromatic heterocycles. The molecule has 0 bridgehead atoms. The van der Waals surface area contributed by atoms with E-state index < -0.39 is 11.2 Å². The summed E-state index contributed by atoms with van der Waals surface area (Å²) in [5.74, 6) is 1.29. The summed E-state index contributed by atoms with van der Waals surface area (Å²) >= 11 is 8.39. The van der Waals surface area contributed by atoms with Crippen molar-refractivity contribution >= 4 is 38.7 Å². The van der Waals surface area contributed by atoms with Gasteiger partial charge in [-0.05, 0) is 41.0 Å². The first-order chi connectivity index (χ1) is 9.13. The van der Waals surface area contributed by atoms with Crippen LogP contribution in [0, 0.1) is 0 Å². The standard InChI is InChI=1S/C15H14BrClOS/c16-14-5-1-13(2-6-14)11-19(18)10-9-12-3-7-15(17)8-4-12/h1-8H,9-11H2. The van der Waals surface area contributed by atoms with Gasteiger partial charge in [0.25, 0.3) is 0 Å². The molecule has 0 aliphatic rings. The second-order valence-corrected chi connectivity index (χ2v) is 7.22. The van der Waals surface area contributed by atoms with Crippen molar-refractivity contribution in [1.82, 2.24) is 0 Å². The molecule has 0 heterocycles. The Balaban J connectivity index is 1.82. The lowest BCUT2D eigenvalue weighted by molar-refractivity contribution is 0.593. The lowest BCUT2D eigenvalue weighted by Gasteiger charge is -2.11. The highest BCUT2D eigenvalue weighted by molar-refractivity contribution is 9.10. The van der Waals surface area contributed by atoms with E-state index in [1.807, 2.05) is 48.5 Å². The topological polar surface area (TPSA) is 23.1 Å². The molecular formula is C15H14BrClOS. The molecule has 0 radical (unpaired) electrons. The van der Waals surface area contributed by atoms with E-state index in [-0.39, 0.29) is 0 Å². The minimum atomic E-state index is -0.832. The molecule has 2 aromatic carbocycles. The third-order valence-corrected chi connectivity index (χ3v) is 4.87. The summed E-state index contributed by atoms with van der Waals surface area (Å²) in [5.41, 5.74) is 2.28. The highest BCUT2D eigenvalue weighted by Crippen LogP contribution is 2.15. The van der Waals surface area contributed by atoms with Crippen LogP contribution in [0.1, 0.15) is 11.1 Å². The summed E-state index contributed by atoms with van der Waals surface area (Å²) in [5, 5.41) is 0.736. The van der Waals surface area contributed by atoms with E-state index in [9.17, 15) is 4.55 Å². The molecule has 0 spiro atoms. The Morgan fingerprint density at radius 2 is 1.53 bits per heavy atom. The van der Waals surface area contributed by atoms with Crippen molar-refractivity contribution < 1.29 is 4.55 Å². The highest BCUT2D eigenvalue weighted by atomic mass is 79.9. The van der Waals surface area contributed by atoms with E-state index in [1.54, 1.807) is 0 Å². The summed E-state index contributed by atoms with van der Waals surface area (Å²) in [6, 6.07) is 15.7. The van der Waals surface area contributed by atoms with Crippen molar-refractivity contribution in [3.8, 4) is 0 Å². The molecule has 19 heavy (non-hydrogen) atoms. The van der Waals surface area contributed by atoms with Crippen LogP contribution in [0.4, 0.5) is 0 Å². The minimum Gasteiger partial charge on any atom is -0.616 e. The monoisotopic (exact) mass is 356 g/mol. The zero-order chi connectivity index (χ0) is 13.7. The van der Waals surface area contributed by atoms with Gasteiger partial charge in [0.1, 0.15) is 11.5 Å². The SMILES string of the molecule is [O-][S+](CCc1ccc(Cl)cc1)Cc1ccc(Br)cc1. The van der Waals surface area contributed by atoms with Gasteiger partial charge in [-0.3, -0.25) is 0 Å². The summed E-state index contributed by atoms with van der Waals surface area (Å²) in [4.78, 5) is 0. The molecule has 0 N–H and O–H groups in total. The van der Waals surface area contributed by atoms with Gasteiger partial charge in [0.2, 0.25) is 0 Å². The van der Waals surface area contributed by atoms with Gasteiger partial charge in [-0.2, -0.15) is 0 Å². The van der Waals surface area contributed by atoms with E-state index in [1.165, 1.54) is 5.56 Å². The van der Waals surface area contributed by atoms with Crippen LogP contribution < -0.4 is 0 Å². The number of benzene rings is 2. The Morgan fingerprint density at radius 1 is 0.947 bits per heavy atom. The van der Waals surface area contributed by atoms with E-state index in [2.05, 4.69) is 15.9 Å². The molecule has 1 nitrogen and oxygen atoms in total. The van der Waals surface area contributed by atoms with E-state index >= 15 is 0 Å². The molecule has 0 saturated carbocycles. The van der Waals surface area contributed by atoms with Gasteiger partial charge in [-0.25, -0.2) is 0 Å². The first-order valence-electron chi connectivity index (χ1n) is 5.97. The van der Waals surface area contributed by atoms with Gasteiger partial charge in [0.15, 0.2) is 0 Å². The number of hydrogen-bond donors (Lipinski definition) is 0. The Bertz CT molecular complexity index is 513. The van der Waals surface area contributed by atoms with Crippen LogP contribution >= 0.6 is 27.5 Å². The fourth-order valence-corrected chi connectivity index (χ4v) is 3.28. The zero-order valence-corrected chi connectivity index (χ0v) is 13.5. The smallest absolute Gasteiger partial charge is 0.130 e. The first kappa shape index (κ1) is 14.9. The molecule has 0 amide bonds. The van der Waals surface area contributed by atoms with E-state index in [4.69, 9.17) is 11.6 Å². The quantitative estimate of drug-likeness (QED) is 0.718. The average Bonchev–Trinajstić information content (AvgIpc) is 2.41. The van der Waals surface area contributed by atoms with Crippen LogP contribution in [0.15, 0.2) is 53.0 Å². The van der Waals surface area contributed by atoms with E-state index in [0.717, 1.165) is 21.5 Å². The normalized spacial score (nSPS) is 12.4. The fraction of sp³-hybridized carbons (Fsp3) is 0.200. The molecule has 2 aromatic rings. The summed E-state index contributed by atoms with van der Waals surface area (Å²) < 4.78 is 13.1. The molecule has 0 fully saturated rings. The molecule has 0 aliphatic heterocycles. The van der Waals surface area contributed by atoms with Gasteiger partial charge in [-0.15, -0.1) is 0 Å². The Hall–Kier alpha value is -0.480. The van der Waals surface area contributed by atoms with Crippen molar-refractivity contribution in [3.05, 3.63) is 69.2 Å². The molecule has 2 rings (SSSR count). The van der Waals surface area contributed by atoms with Gasteiger partial charge in [0.05, 0.1) is 0 Å². The molecule has 1 atom stereocenters. The van der Waals surface area contributed by atoms with Crippen molar-refractivity contribution in [2.24, 2.45) is 0 Å². The molecule has 100 valence electrons. The second-order valence-electron chi connectivity index (χ2n) is 4.29. The Labute approximate surface area is 130 Å². The summed E-state index contributed by atoms with van der Waals surface area (Å²) in [7, 11) is 0. The lowest BCUT2D eigenvalue weighted by Crippen LogP contribution is -2.11. The summed E-state index contributed by atoms with van der Waals surface area (Å²) in [6.45, 7) is 0. The van der Waals surface area contributed by atoms with Gasteiger partial charge in [0, 0.05) is 21.5 Å². The molecule has 0 aliphatic carbocycles. The van der Waals surface area contributed by atoms with Crippen LogP contribution in [0.25, 0.3) is 0 Å². The Morgan fingerprint density at radius 3 is 2.16 bits per heavy atom. The molecule has 0 saturated heterocycles. The van der Waals surface area contributed by atoms with Crippen LogP contribution in [0.5, 0.6) is 0 Å². The average molecular weight is 358 g/mol. The molecular weight excluding hydrogens is 344 g/mol. The lowest BCUT2D eigenvalue weighted by atomic mass is 10.2. The summed E-state index contributed by atoms with van der Waals surface area (Å²) in [6.07, 6.45) is 0.820. The van der Waals surface area contributed by atoms with E-state index in [0.29, 0.717) is 11.5 Å². The van der Waals surface area contributed by atoms with Crippen LogP contribution in [0.3, 0.4) is 0 Å². The maximum absolute atomic E-state index is 12.0. The van der Waals surface area contributed by atoms with Gasteiger partial charge >= 0.3 is 0 Å². The van der Waals surface area contributed by atoms with Crippen molar-refractivity contribution in [2.75, 3.05) is 5.75 Å². The van der Waals surface area contributed by atoms with Crippen LogP contribution in [-0.2, 0) is 23.3 Å². The predicted octanol–water partition coefficient (Wildman–Crippen LogP) is 4.59. The third-order valence-electron chi connectivity index (χ3n) is 2.77. The van der Waals surface area contributed by atoms with Crippen molar-refractivity contribution in [2.45, 2.75) is 12.2 Å². The fourth-order valence-electron chi connectivity index (χ4n) is 1.72. The van der Waals surface area contributed by atoms with Gasteiger partial charge in [-0.1, -0.05) is 51.8 Å². The largest absolute Gasteiger partial charge is 0.616 e. The maximum Gasteiger partial charge on any atom is 0.130 e. The number of aryl methyl sites for hydroxylation is 1. The van der Waals surface area contributed by atoms with Crippen molar-refractivity contribution in [3.63, 3.8) is 0 Å². The second kappa shape index (κ2) is 7.34. The Kier molecular flexibility index (Phi) is 5.76.